The molecule has 3 aromatic rings. The Balaban J connectivity index is 1.52. The Morgan fingerprint density at radius 2 is 2.12 bits per heavy atom. The van der Waals surface area contributed by atoms with Gasteiger partial charge in [0.15, 0.2) is 0 Å². The van der Waals surface area contributed by atoms with E-state index in [-0.39, 0.29) is 0 Å². The molecule has 25 heavy (non-hydrogen) atoms. The highest BCUT2D eigenvalue weighted by molar-refractivity contribution is 5.81. The first-order chi connectivity index (χ1) is 12.2. The van der Waals surface area contributed by atoms with Crippen LogP contribution in [-0.4, -0.2) is 46.1 Å². The van der Waals surface area contributed by atoms with E-state index in [0.29, 0.717) is 11.9 Å². The van der Waals surface area contributed by atoms with Crippen molar-refractivity contribution in [2.45, 2.75) is 32.2 Å². The smallest absolute Gasteiger partial charge is 0.212 e. The van der Waals surface area contributed by atoms with Crippen LogP contribution in [0.1, 0.15) is 25.6 Å². The number of H-pyrrole nitrogens is 1. The predicted molar refractivity (Wildman–Crippen MR) is 99.8 cm³/mol. The van der Waals surface area contributed by atoms with Crippen LogP contribution >= 0.6 is 0 Å². The van der Waals surface area contributed by atoms with Crippen molar-refractivity contribution in [2.75, 3.05) is 20.2 Å². The minimum Gasteiger partial charge on any atom is -0.481 e. The number of hydrogen-bond donors (Lipinski definition) is 1. The molecule has 1 aliphatic rings. The van der Waals surface area contributed by atoms with Crippen molar-refractivity contribution in [3.05, 3.63) is 42.4 Å². The lowest BCUT2D eigenvalue weighted by atomic mass is 10.1. The van der Waals surface area contributed by atoms with Gasteiger partial charge >= 0.3 is 0 Å². The lowest BCUT2D eigenvalue weighted by Crippen LogP contribution is -2.29. The summed E-state index contributed by atoms with van der Waals surface area (Å²) in [5.41, 5.74) is 4.29. The average Bonchev–Trinajstić information content (AvgIpc) is 3.24. The Labute approximate surface area is 148 Å². The summed E-state index contributed by atoms with van der Waals surface area (Å²) >= 11 is 0. The molecule has 1 aliphatic heterocycles. The van der Waals surface area contributed by atoms with E-state index in [1.165, 1.54) is 19.4 Å². The zero-order valence-electron chi connectivity index (χ0n) is 14.8. The molecule has 0 spiro atoms. The van der Waals surface area contributed by atoms with Crippen LogP contribution in [0.3, 0.4) is 0 Å². The van der Waals surface area contributed by atoms with Gasteiger partial charge in [0, 0.05) is 36.8 Å². The number of nitrogens with one attached hydrogen (secondary N) is 1. The summed E-state index contributed by atoms with van der Waals surface area (Å²) in [4.78, 5) is 15.1. The number of methoxy groups -OCH3 is 1. The van der Waals surface area contributed by atoms with E-state index in [4.69, 9.17) is 9.72 Å². The van der Waals surface area contributed by atoms with Gasteiger partial charge in [-0.15, -0.1) is 0 Å². The van der Waals surface area contributed by atoms with Crippen molar-refractivity contribution in [3.63, 3.8) is 0 Å². The fourth-order valence-corrected chi connectivity index (χ4v) is 3.60. The molecule has 130 valence electrons. The summed E-state index contributed by atoms with van der Waals surface area (Å²) < 4.78 is 5.12. The van der Waals surface area contributed by atoms with Crippen LogP contribution in [-0.2, 0) is 6.42 Å². The molecule has 2 aromatic heterocycles. The molecule has 3 heterocycles. The third kappa shape index (κ3) is 3.37. The second-order valence-corrected chi connectivity index (χ2v) is 6.78. The van der Waals surface area contributed by atoms with Gasteiger partial charge in [-0.2, -0.15) is 0 Å². The summed E-state index contributed by atoms with van der Waals surface area (Å²) in [7, 11) is 1.63. The highest BCUT2D eigenvalue weighted by atomic mass is 16.5. The number of likely N-dealkylation sites (tertiary alicyclic amines) is 1. The van der Waals surface area contributed by atoms with Crippen molar-refractivity contribution in [3.8, 4) is 17.0 Å². The first-order valence-electron chi connectivity index (χ1n) is 8.96. The van der Waals surface area contributed by atoms with Gasteiger partial charge in [-0.3, -0.25) is 0 Å². The number of rotatable bonds is 5. The van der Waals surface area contributed by atoms with Crippen LogP contribution in [0.2, 0.25) is 0 Å². The molecule has 0 aliphatic carbocycles. The van der Waals surface area contributed by atoms with Gasteiger partial charge in [-0.05, 0) is 50.1 Å². The van der Waals surface area contributed by atoms with Crippen LogP contribution in [0.25, 0.3) is 22.2 Å². The Hall–Kier alpha value is -2.40. The lowest BCUT2D eigenvalue weighted by molar-refractivity contribution is 0.271. The largest absolute Gasteiger partial charge is 0.481 e. The number of hydrogen-bond acceptors (Lipinski definition) is 4. The second kappa shape index (κ2) is 6.84. The fraction of sp³-hybridized carbons (Fsp3) is 0.400. The molecule has 1 aromatic carbocycles. The molecule has 0 bridgehead atoms. The maximum atomic E-state index is 5.12. The molecule has 1 saturated heterocycles. The number of pyridine rings is 1. The third-order valence-corrected chi connectivity index (χ3v) is 5.14. The van der Waals surface area contributed by atoms with Gasteiger partial charge in [-0.1, -0.05) is 6.07 Å². The van der Waals surface area contributed by atoms with Crippen molar-refractivity contribution < 1.29 is 4.74 Å². The highest BCUT2D eigenvalue weighted by Crippen LogP contribution is 2.24. The van der Waals surface area contributed by atoms with Gasteiger partial charge in [0.05, 0.1) is 18.1 Å². The van der Waals surface area contributed by atoms with Gasteiger partial charge in [-0.25, -0.2) is 9.97 Å². The zero-order chi connectivity index (χ0) is 17.2. The monoisotopic (exact) mass is 336 g/mol. The first-order valence-corrected chi connectivity index (χ1v) is 8.96. The summed E-state index contributed by atoms with van der Waals surface area (Å²) in [5.74, 6) is 1.70. The maximum Gasteiger partial charge on any atom is 0.212 e. The number of fused-ring (bicyclic) bond motifs is 1. The molecule has 0 saturated carbocycles. The normalized spacial score (nSPS) is 18.1. The van der Waals surface area contributed by atoms with E-state index in [0.717, 1.165) is 41.0 Å². The van der Waals surface area contributed by atoms with E-state index < -0.39 is 0 Å². The molecule has 1 N–H and O–H groups in total. The molecular weight excluding hydrogens is 312 g/mol. The molecule has 5 heteroatoms. The van der Waals surface area contributed by atoms with E-state index >= 15 is 0 Å². The van der Waals surface area contributed by atoms with Crippen molar-refractivity contribution in [2.24, 2.45) is 0 Å². The van der Waals surface area contributed by atoms with Crippen LogP contribution in [0.5, 0.6) is 5.88 Å². The fourth-order valence-electron chi connectivity index (χ4n) is 3.60. The van der Waals surface area contributed by atoms with Crippen molar-refractivity contribution in [1.29, 1.82) is 0 Å². The minimum atomic E-state index is 0.628. The number of imidazole rings is 1. The Morgan fingerprint density at radius 3 is 2.84 bits per heavy atom. The van der Waals surface area contributed by atoms with Crippen LogP contribution in [0.4, 0.5) is 0 Å². The van der Waals surface area contributed by atoms with Crippen molar-refractivity contribution >= 4 is 11.0 Å². The average molecular weight is 336 g/mol. The molecular formula is C20H24N4O. The van der Waals surface area contributed by atoms with Crippen LogP contribution < -0.4 is 4.74 Å². The molecule has 0 radical (unpaired) electrons. The Kier molecular flexibility index (Phi) is 4.40. The molecule has 5 nitrogen and oxygen atoms in total. The summed E-state index contributed by atoms with van der Waals surface area (Å²) in [6.45, 7) is 4.62. The predicted octanol–water partition coefficient (Wildman–Crippen LogP) is 3.66. The zero-order valence-corrected chi connectivity index (χ0v) is 14.8. The molecule has 1 fully saturated rings. The van der Waals surface area contributed by atoms with Crippen LogP contribution in [0, 0.1) is 0 Å². The molecule has 1 atom stereocenters. The van der Waals surface area contributed by atoms with Gasteiger partial charge in [0.25, 0.3) is 0 Å². The highest BCUT2D eigenvalue weighted by Gasteiger charge is 2.19. The van der Waals surface area contributed by atoms with E-state index in [1.54, 1.807) is 7.11 Å². The Bertz CT molecular complexity index is 856. The summed E-state index contributed by atoms with van der Waals surface area (Å²) in [6.07, 6.45) is 5.45. The SMILES string of the molecule is COc1ccc(-c2ccc3[nH]c(CCN4CCC[C@H]4C)nc3c2)cn1. The third-order valence-electron chi connectivity index (χ3n) is 5.14. The standard InChI is InChI=1S/C20H24N4O/c1-14-4-3-10-24(14)11-9-19-22-17-7-5-15(12-18(17)23-19)16-6-8-20(25-2)21-13-16/h5-8,12-14H,3-4,9-11H2,1-2H3,(H,22,23)/t14-/m1/s1. The van der Waals surface area contributed by atoms with Crippen LogP contribution in [0.15, 0.2) is 36.5 Å². The first kappa shape index (κ1) is 16.1. The van der Waals surface area contributed by atoms with Gasteiger partial charge < -0.3 is 14.6 Å². The van der Waals surface area contributed by atoms with E-state index in [1.807, 2.05) is 18.3 Å². The van der Waals surface area contributed by atoms with E-state index in [9.17, 15) is 0 Å². The molecule has 0 unspecified atom stereocenters. The minimum absolute atomic E-state index is 0.628. The Morgan fingerprint density at radius 1 is 1.24 bits per heavy atom. The van der Waals surface area contributed by atoms with E-state index in [2.05, 4.69) is 40.0 Å². The number of benzene rings is 1. The summed E-state index contributed by atoms with van der Waals surface area (Å²) in [5, 5.41) is 0. The number of aromatic nitrogens is 3. The summed E-state index contributed by atoms with van der Waals surface area (Å²) in [6, 6.07) is 10.9. The number of aromatic amines is 1. The molecule has 4 rings (SSSR count). The number of nitrogens with zero attached hydrogens (tertiary/aromatic N) is 3. The second-order valence-electron chi connectivity index (χ2n) is 6.78. The van der Waals surface area contributed by atoms with Gasteiger partial charge in [0.2, 0.25) is 5.88 Å². The molecule has 0 amide bonds. The quantitative estimate of drug-likeness (QED) is 0.772. The topological polar surface area (TPSA) is 54.0 Å². The lowest BCUT2D eigenvalue weighted by Gasteiger charge is -2.19. The number of ether oxygens (including phenoxy) is 1. The van der Waals surface area contributed by atoms with Crippen molar-refractivity contribution in [1.82, 2.24) is 19.9 Å². The van der Waals surface area contributed by atoms with Gasteiger partial charge in [0.1, 0.15) is 5.82 Å². The maximum absolute atomic E-state index is 5.12.